The quantitative estimate of drug-likeness (QED) is 0.661. The molecule has 2 aliphatic rings. The molecular formula is C24H28N4O3. The summed E-state index contributed by atoms with van der Waals surface area (Å²) < 4.78 is 13.1. The van der Waals surface area contributed by atoms with Gasteiger partial charge in [-0.2, -0.15) is 0 Å². The van der Waals surface area contributed by atoms with Crippen LogP contribution in [-0.2, 0) is 13.1 Å². The normalized spacial score (nSPS) is 17.2. The molecule has 0 unspecified atom stereocenters. The van der Waals surface area contributed by atoms with Crippen LogP contribution >= 0.6 is 0 Å². The summed E-state index contributed by atoms with van der Waals surface area (Å²) in [4.78, 5) is 19.0. The summed E-state index contributed by atoms with van der Waals surface area (Å²) in [6.07, 6.45) is 5.78. The summed E-state index contributed by atoms with van der Waals surface area (Å²) >= 11 is 0. The molecule has 162 valence electrons. The van der Waals surface area contributed by atoms with Gasteiger partial charge in [0, 0.05) is 49.5 Å². The van der Waals surface area contributed by atoms with Crippen LogP contribution in [0.3, 0.4) is 0 Å². The molecule has 0 aliphatic carbocycles. The van der Waals surface area contributed by atoms with Crippen LogP contribution in [0.4, 0.5) is 0 Å². The fourth-order valence-corrected chi connectivity index (χ4v) is 4.44. The molecule has 1 aromatic carbocycles. The SMILES string of the molecule is O=c1ccc2cnccc2n1CCN1CCC(NCc2ccc3c(c2)OCCO3)CC1. The van der Waals surface area contributed by atoms with Crippen molar-refractivity contribution >= 4 is 10.9 Å². The molecule has 0 atom stereocenters. The van der Waals surface area contributed by atoms with E-state index in [9.17, 15) is 4.79 Å². The average Bonchev–Trinajstić information content (AvgIpc) is 2.82. The fourth-order valence-electron chi connectivity index (χ4n) is 4.44. The molecule has 5 rings (SSSR count). The van der Waals surface area contributed by atoms with Crippen molar-refractivity contribution in [3.05, 3.63) is 64.7 Å². The number of likely N-dealkylation sites (tertiary alicyclic amines) is 1. The Balaban J connectivity index is 1.11. The molecule has 1 N–H and O–H groups in total. The number of nitrogens with one attached hydrogen (secondary N) is 1. The number of nitrogens with zero attached hydrogens (tertiary/aromatic N) is 3. The summed E-state index contributed by atoms with van der Waals surface area (Å²) in [6.45, 7) is 5.74. The maximum atomic E-state index is 12.4. The van der Waals surface area contributed by atoms with Gasteiger partial charge < -0.3 is 24.3 Å². The molecule has 0 bridgehead atoms. The highest BCUT2D eigenvalue weighted by molar-refractivity contribution is 5.77. The first-order chi connectivity index (χ1) is 15.3. The molecule has 1 fully saturated rings. The highest BCUT2D eigenvalue weighted by atomic mass is 16.6. The number of fused-ring (bicyclic) bond motifs is 2. The molecule has 2 aromatic heterocycles. The minimum Gasteiger partial charge on any atom is -0.486 e. The highest BCUT2D eigenvalue weighted by Crippen LogP contribution is 2.30. The van der Waals surface area contributed by atoms with Crippen molar-refractivity contribution in [1.82, 2.24) is 19.8 Å². The first-order valence-corrected chi connectivity index (χ1v) is 11.0. The van der Waals surface area contributed by atoms with E-state index in [1.165, 1.54) is 5.56 Å². The molecule has 0 amide bonds. The molecule has 0 radical (unpaired) electrons. The van der Waals surface area contributed by atoms with Gasteiger partial charge in [0.1, 0.15) is 13.2 Å². The molecule has 4 heterocycles. The van der Waals surface area contributed by atoms with Crippen LogP contribution in [-0.4, -0.2) is 53.3 Å². The summed E-state index contributed by atoms with van der Waals surface area (Å²) in [5.74, 6) is 1.68. The van der Waals surface area contributed by atoms with Gasteiger partial charge in [0.05, 0.1) is 5.52 Å². The zero-order chi connectivity index (χ0) is 21.0. The minimum atomic E-state index is 0.0506. The molecular weight excluding hydrogens is 392 g/mol. The van der Waals surface area contributed by atoms with E-state index in [0.717, 1.165) is 61.4 Å². The Hall–Kier alpha value is -2.90. The van der Waals surface area contributed by atoms with E-state index in [0.29, 0.717) is 25.8 Å². The maximum Gasteiger partial charge on any atom is 0.251 e. The molecule has 0 spiro atoms. The van der Waals surface area contributed by atoms with E-state index < -0.39 is 0 Å². The Bertz CT molecular complexity index is 1110. The van der Waals surface area contributed by atoms with Crippen molar-refractivity contribution in [2.45, 2.75) is 32.0 Å². The smallest absolute Gasteiger partial charge is 0.251 e. The summed E-state index contributed by atoms with van der Waals surface area (Å²) in [6, 6.07) is 12.1. The van der Waals surface area contributed by atoms with Crippen LogP contribution in [0.5, 0.6) is 11.5 Å². The lowest BCUT2D eigenvalue weighted by molar-refractivity contribution is 0.171. The topological polar surface area (TPSA) is 68.6 Å². The van der Waals surface area contributed by atoms with Crippen LogP contribution in [0.2, 0.25) is 0 Å². The number of ether oxygens (including phenoxy) is 2. The Morgan fingerprint density at radius 3 is 2.71 bits per heavy atom. The Labute approximate surface area is 181 Å². The van der Waals surface area contributed by atoms with Gasteiger partial charge in [-0.05, 0) is 55.8 Å². The van der Waals surface area contributed by atoms with Gasteiger partial charge in [-0.3, -0.25) is 9.78 Å². The zero-order valence-corrected chi connectivity index (χ0v) is 17.6. The van der Waals surface area contributed by atoms with E-state index >= 15 is 0 Å². The van der Waals surface area contributed by atoms with Crippen LogP contribution in [0.25, 0.3) is 10.9 Å². The zero-order valence-electron chi connectivity index (χ0n) is 17.6. The van der Waals surface area contributed by atoms with Crippen LogP contribution in [0.15, 0.2) is 53.6 Å². The standard InChI is InChI=1S/C24H28N4O3/c29-24-4-2-19-17-25-8-5-21(19)28(24)12-11-27-9-6-20(7-10-27)26-16-18-1-3-22-23(15-18)31-14-13-30-22/h1-5,8,15,17,20,26H,6-7,9-14,16H2. The second kappa shape index (κ2) is 9.08. The van der Waals surface area contributed by atoms with Crippen LogP contribution in [0.1, 0.15) is 18.4 Å². The average molecular weight is 421 g/mol. The molecule has 2 aliphatic heterocycles. The van der Waals surface area contributed by atoms with Gasteiger partial charge in [-0.1, -0.05) is 6.07 Å². The molecule has 31 heavy (non-hydrogen) atoms. The molecule has 1 saturated heterocycles. The monoisotopic (exact) mass is 420 g/mol. The minimum absolute atomic E-state index is 0.0506. The predicted molar refractivity (Wildman–Crippen MR) is 120 cm³/mol. The third-order valence-electron chi connectivity index (χ3n) is 6.22. The Morgan fingerprint density at radius 2 is 1.84 bits per heavy atom. The second-order valence-corrected chi connectivity index (χ2v) is 8.23. The number of hydrogen-bond donors (Lipinski definition) is 1. The Kier molecular flexibility index (Phi) is 5.86. The Morgan fingerprint density at radius 1 is 1.00 bits per heavy atom. The van der Waals surface area contributed by atoms with Crippen molar-refractivity contribution in [1.29, 1.82) is 0 Å². The maximum absolute atomic E-state index is 12.4. The summed E-state index contributed by atoms with van der Waals surface area (Å²) in [7, 11) is 0. The van der Waals surface area contributed by atoms with E-state index in [1.807, 2.05) is 29.0 Å². The highest BCUT2D eigenvalue weighted by Gasteiger charge is 2.19. The molecule has 7 nitrogen and oxygen atoms in total. The van der Waals surface area contributed by atoms with Crippen LogP contribution < -0.4 is 20.3 Å². The van der Waals surface area contributed by atoms with Crippen molar-refractivity contribution < 1.29 is 9.47 Å². The van der Waals surface area contributed by atoms with Gasteiger partial charge in [0.15, 0.2) is 11.5 Å². The third-order valence-corrected chi connectivity index (χ3v) is 6.22. The van der Waals surface area contributed by atoms with Gasteiger partial charge in [-0.15, -0.1) is 0 Å². The summed E-state index contributed by atoms with van der Waals surface area (Å²) in [5.41, 5.74) is 2.23. The number of benzene rings is 1. The number of pyridine rings is 2. The van der Waals surface area contributed by atoms with Gasteiger partial charge in [0.25, 0.3) is 5.56 Å². The van der Waals surface area contributed by atoms with Gasteiger partial charge in [-0.25, -0.2) is 0 Å². The van der Waals surface area contributed by atoms with Crippen molar-refractivity contribution in [2.75, 3.05) is 32.8 Å². The number of hydrogen-bond acceptors (Lipinski definition) is 6. The lowest BCUT2D eigenvalue weighted by Crippen LogP contribution is -2.43. The number of aromatic nitrogens is 2. The first-order valence-electron chi connectivity index (χ1n) is 11.0. The van der Waals surface area contributed by atoms with E-state index in [4.69, 9.17) is 9.47 Å². The van der Waals surface area contributed by atoms with Gasteiger partial charge >= 0.3 is 0 Å². The van der Waals surface area contributed by atoms with E-state index in [2.05, 4.69) is 27.3 Å². The molecule has 3 aromatic rings. The van der Waals surface area contributed by atoms with E-state index in [-0.39, 0.29) is 5.56 Å². The van der Waals surface area contributed by atoms with Crippen molar-refractivity contribution in [2.24, 2.45) is 0 Å². The second-order valence-electron chi connectivity index (χ2n) is 8.23. The number of rotatable bonds is 6. The van der Waals surface area contributed by atoms with Crippen molar-refractivity contribution in [3.63, 3.8) is 0 Å². The number of piperidine rings is 1. The third kappa shape index (κ3) is 4.57. The molecule has 0 saturated carbocycles. The first kappa shape index (κ1) is 20.0. The lowest BCUT2D eigenvalue weighted by Gasteiger charge is -2.32. The fraction of sp³-hybridized carbons (Fsp3) is 0.417. The predicted octanol–water partition coefficient (Wildman–Crippen LogP) is 2.42. The van der Waals surface area contributed by atoms with E-state index in [1.54, 1.807) is 12.3 Å². The molecule has 7 heteroatoms. The van der Waals surface area contributed by atoms with Crippen LogP contribution in [0, 0.1) is 0 Å². The van der Waals surface area contributed by atoms with Crippen molar-refractivity contribution in [3.8, 4) is 11.5 Å². The largest absolute Gasteiger partial charge is 0.486 e. The summed E-state index contributed by atoms with van der Waals surface area (Å²) in [5, 5.41) is 4.69. The lowest BCUT2D eigenvalue weighted by atomic mass is 10.0. The van der Waals surface area contributed by atoms with Gasteiger partial charge in [0.2, 0.25) is 0 Å².